The summed E-state index contributed by atoms with van der Waals surface area (Å²) >= 11 is 0. The molecule has 3 N–H and O–H groups in total. The molecule has 0 aromatic heterocycles. The van der Waals surface area contributed by atoms with Crippen molar-refractivity contribution in [3.05, 3.63) is 41.3 Å². The molecule has 0 aliphatic rings. The molecule has 0 atom stereocenters. The first-order chi connectivity index (χ1) is 15.9. The van der Waals surface area contributed by atoms with Crippen molar-refractivity contribution in [3.8, 4) is 23.0 Å². The van der Waals surface area contributed by atoms with Crippen LogP contribution in [0.15, 0.2) is 35.7 Å². The van der Waals surface area contributed by atoms with Crippen molar-refractivity contribution in [2.45, 2.75) is 0 Å². The number of ether oxygens (including phenoxy) is 4. The Morgan fingerprint density at radius 3 is 1.97 bits per heavy atom. The van der Waals surface area contributed by atoms with Crippen LogP contribution in [-0.2, 0) is 24.8 Å². The Morgan fingerprint density at radius 1 is 0.882 bits per heavy atom. The van der Waals surface area contributed by atoms with E-state index in [0.717, 1.165) is 11.5 Å². The Balaban J connectivity index is 2.35. The Morgan fingerprint density at radius 2 is 1.47 bits per heavy atom. The van der Waals surface area contributed by atoms with E-state index in [0.29, 0.717) is 22.8 Å². The summed E-state index contributed by atoms with van der Waals surface area (Å²) in [6, 6.07) is 6.92. The molecule has 0 spiro atoms. The Hall–Kier alpha value is -3.65. The average Bonchev–Trinajstić information content (AvgIpc) is 2.75. The molecule has 0 saturated heterocycles. The molecule has 34 heavy (non-hydrogen) atoms. The van der Waals surface area contributed by atoms with E-state index in [1.807, 2.05) is 0 Å². The fraction of sp³-hybridized carbons (Fsp3) is 0.250. The molecule has 14 heteroatoms. The van der Waals surface area contributed by atoms with E-state index in [2.05, 4.69) is 9.44 Å². The zero-order chi connectivity index (χ0) is 25.5. The molecule has 12 nitrogen and oxygen atoms in total. The third kappa shape index (κ3) is 7.18. The van der Waals surface area contributed by atoms with Gasteiger partial charge in [0.25, 0.3) is 10.0 Å². The molecule has 0 radical (unpaired) electrons. The van der Waals surface area contributed by atoms with Crippen LogP contribution in [0.25, 0.3) is 6.08 Å². The normalized spacial score (nSPS) is 11.6. The number of methoxy groups -OCH3 is 4. The second kappa shape index (κ2) is 11.0. The highest BCUT2D eigenvalue weighted by molar-refractivity contribution is 7.95. The summed E-state index contributed by atoms with van der Waals surface area (Å²) in [5.41, 5.74) is 0.187. The number of aliphatic carboxylic acids is 1. The van der Waals surface area contributed by atoms with Crippen molar-refractivity contribution in [1.82, 2.24) is 0 Å². The largest absolute Gasteiger partial charge is 0.496 e. The van der Waals surface area contributed by atoms with Crippen molar-refractivity contribution in [3.63, 3.8) is 0 Å². The average molecular weight is 517 g/mol. The van der Waals surface area contributed by atoms with E-state index < -0.39 is 31.8 Å². The number of benzene rings is 2. The first-order valence-corrected chi connectivity index (χ1v) is 12.5. The quantitative estimate of drug-likeness (QED) is 0.379. The number of hydrogen-bond acceptors (Lipinski definition) is 9. The summed E-state index contributed by atoms with van der Waals surface area (Å²) in [6.07, 6.45) is 1.26. The topological polar surface area (TPSA) is 167 Å². The summed E-state index contributed by atoms with van der Waals surface area (Å²) in [4.78, 5) is 10.8. The van der Waals surface area contributed by atoms with Crippen molar-refractivity contribution >= 4 is 43.5 Å². The molecule has 0 bridgehead atoms. The van der Waals surface area contributed by atoms with Crippen LogP contribution in [0.3, 0.4) is 0 Å². The van der Waals surface area contributed by atoms with E-state index in [-0.39, 0.29) is 17.1 Å². The summed E-state index contributed by atoms with van der Waals surface area (Å²) in [5.74, 6) is -1.62. The number of hydrogen-bond donors (Lipinski definition) is 3. The van der Waals surface area contributed by atoms with Crippen LogP contribution in [0.4, 0.5) is 11.4 Å². The van der Waals surface area contributed by atoms with Crippen molar-refractivity contribution < 1.29 is 45.7 Å². The van der Waals surface area contributed by atoms with Gasteiger partial charge < -0.3 is 24.1 Å². The van der Waals surface area contributed by atoms with Gasteiger partial charge in [0, 0.05) is 12.1 Å². The number of sulfonamides is 2. The second-order valence-corrected chi connectivity index (χ2v) is 9.85. The zero-order valence-corrected chi connectivity index (χ0v) is 20.3. The van der Waals surface area contributed by atoms with Gasteiger partial charge in [-0.1, -0.05) is 0 Å². The van der Waals surface area contributed by atoms with E-state index in [9.17, 15) is 21.6 Å². The first-order valence-electron chi connectivity index (χ1n) is 9.34. The molecule has 0 aliphatic heterocycles. The minimum Gasteiger partial charge on any atom is -0.496 e. The van der Waals surface area contributed by atoms with E-state index in [1.54, 1.807) is 12.1 Å². The lowest BCUT2D eigenvalue weighted by Crippen LogP contribution is -2.22. The lowest BCUT2D eigenvalue weighted by Gasteiger charge is -2.14. The van der Waals surface area contributed by atoms with Gasteiger partial charge in [0.05, 0.1) is 50.8 Å². The number of rotatable bonds is 12. The summed E-state index contributed by atoms with van der Waals surface area (Å²) < 4.78 is 74.3. The smallest absolute Gasteiger partial charge is 0.320 e. The molecule has 2 aromatic carbocycles. The highest BCUT2D eigenvalue weighted by Crippen LogP contribution is 2.35. The molecular weight excluding hydrogens is 492 g/mol. The number of carboxylic acid groups (broad SMARTS) is 1. The molecule has 2 aromatic rings. The molecule has 186 valence electrons. The van der Waals surface area contributed by atoms with Crippen LogP contribution < -0.4 is 28.4 Å². The van der Waals surface area contributed by atoms with Crippen molar-refractivity contribution in [1.29, 1.82) is 0 Å². The number of carbonyl (C=O) groups is 1. The van der Waals surface area contributed by atoms with Crippen LogP contribution >= 0.6 is 0 Å². The fourth-order valence-electron chi connectivity index (χ4n) is 2.77. The van der Waals surface area contributed by atoms with Gasteiger partial charge in [-0.15, -0.1) is 0 Å². The van der Waals surface area contributed by atoms with Crippen LogP contribution in [0.1, 0.15) is 5.56 Å². The SMILES string of the molecule is COc1cc(OC)c(/C=C/S(=O)(=O)Nc2ccc(OC)c(NS(=O)(=O)CC(=O)O)c2)c(OC)c1. The maximum absolute atomic E-state index is 12.6. The Labute approximate surface area is 197 Å². The molecule has 2 rings (SSSR count). The number of nitrogens with one attached hydrogen (secondary N) is 2. The monoisotopic (exact) mass is 516 g/mol. The van der Waals surface area contributed by atoms with Gasteiger partial charge in [0.1, 0.15) is 23.0 Å². The van der Waals surface area contributed by atoms with Crippen LogP contribution in [0.5, 0.6) is 23.0 Å². The Bertz CT molecular complexity index is 1260. The highest BCUT2D eigenvalue weighted by Gasteiger charge is 2.19. The van der Waals surface area contributed by atoms with Crippen molar-refractivity contribution in [2.24, 2.45) is 0 Å². The minimum absolute atomic E-state index is 0.00728. The maximum Gasteiger partial charge on any atom is 0.320 e. The van der Waals surface area contributed by atoms with E-state index >= 15 is 0 Å². The van der Waals surface area contributed by atoms with Gasteiger partial charge in [-0.2, -0.15) is 0 Å². The second-order valence-electron chi connectivity index (χ2n) is 6.57. The third-order valence-electron chi connectivity index (χ3n) is 4.21. The first kappa shape index (κ1) is 26.6. The van der Waals surface area contributed by atoms with Crippen LogP contribution in [-0.4, -0.2) is 62.1 Å². The summed E-state index contributed by atoms with van der Waals surface area (Å²) in [5, 5.41) is 9.62. The molecule has 0 fully saturated rings. The molecule has 0 unspecified atom stereocenters. The van der Waals surface area contributed by atoms with Gasteiger partial charge in [-0.3, -0.25) is 14.2 Å². The van der Waals surface area contributed by atoms with Gasteiger partial charge >= 0.3 is 5.97 Å². The molecule has 0 heterocycles. The molecule has 0 aliphatic carbocycles. The van der Waals surface area contributed by atoms with E-state index in [1.165, 1.54) is 46.6 Å². The van der Waals surface area contributed by atoms with Gasteiger partial charge in [0.2, 0.25) is 10.0 Å². The fourth-order valence-corrected chi connectivity index (χ4v) is 4.50. The standard InChI is InChI=1S/C20H24N2O10S2/c1-29-14-10-18(31-3)15(19(11-14)32-4)7-8-33(25,26)21-13-5-6-17(30-2)16(9-13)22-34(27,28)12-20(23)24/h5-11,21-22H,12H2,1-4H3,(H,23,24)/b8-7+. The lowest BCUT2D eigenvalue weighted by atomic mass is 10.1. The molecule has 0 amide bonds. The van der Waals surface area contributed by atoms with Gasteiger partial charge in [-0.25, -0.2) is 16.8 Å². The highest BCUT2D eigenvalue weighted by atomic mass is 32.2. The van der Waals surface area contributed by atoms with Gasteiger partial charge in [-0.05, 0) is 24.3 Å². The van der Waals surface area contributed by atoms with Crippen LogP contribution in [0, 0.1) is 0 Å². The van der Waals surface area contributed by atoms with Crippen LogP contribution in [0.2, 0.25) is 0 Å². The minimum atomic E-state index is -4.25. The summed E-state index contributed by atoms with van der Waals surface area (Å²) in [6.45, 7) is 0. The van der Waals surface area contributed by atoms with Gasteiger partial charge in [0.15, 0.2) is 5.75 Å². The predicted octanol–water partition coefficient (Wildman–Crippen LogP) is 1.96. The molecular formula is C20H24N2O10S2. The number of carboxylic acids is 1. The maximum atomic E-state index is 12.6. The predicted molar refractivity (Wildman–Crippen MR) is 126 cm³/mol. The lowest BCUT2D eigenvalue weighted by molar-refractivity contribution is -0.134. The number of anilines is 2. The Kier molecular flexibility index (Phi) is 8.59. The van der Waals surface area contributed by atoms with Crippen molar-refractivity contribution in [2.75, 3.05) is 43.6 Å². The summed E-state index contributed by atoms with van der Waals surface area (Å²) in [7, 11) is -2.79. The van der Waals surface area contributed by atoms with E-state index in [4.69, 9.17) is 24.1 Å². The third-order valence-corrected chi connectivity index (χ3v) is 6.38. The molecule has 0 saturated carbocycles. The zero-order valence-electron chi connectivity index (χ0n) is 18.7.